The summed E-state index contributed by atoms with van der Waals surface area (Å²) in [6, 6.07) is 0.738. The molecule has 4 nitrogen and oxygen atoms in total. The fraction of sp³-hybridized carbons (Fsp3) is 0.545. The van der Waals surface area contributed by atoms with Gasteiger partial charge in [0.25, 0.3) is 5.88 Å². The van der Waals surface area contributed by atoms with E-state index in [4.69, 9.17) is 9.47 Å². The van der Waals surface area contributed by atoms with E-state index in [1.807, 2.05) is 6.92 Å². The highest BCUT2D eigenvalue weighted by Crippen LogP contribution is 2.21. The maximum Gasteiger partial charge on any atom is 0.252 e. The number of aromatic nitrogens is 1. The lowest BCUT2D eigenvalue weighted by atomic mass is 10.4. The summed E-state index contributed by atoms with van der Waals surface area (Å²) in [5.41, 5.74) is 0. The number of nitrogens with zero attached hydrogens (tertiary/aromatic N) is 1. The van der Waals surface area contributed by atoms with Crippen molar-refractivity contribution in [1.82, 2.24) is 4.98 Å². The first kappa shape index (κ1) is 13.6. The second kappa shape index (κ2) is 6.34. The van der Waals surface area contributed by atoms with Gasteiger partial charge in [-0.05, 0) is 13.8 Å². The van der Waals surface area contributed by atoms with Gasteiger partial charge in [-0.1, -0.05) is 0 Å². The third-order valence-electron chi connectivity index (χ3n) is 2.00. The number of pyridine rings is 1. The van der Waals surface area contributed by atoms with Gasteiger partial charge >= 0.3 is 0 Å². The number of anilines is 1. The molecule has 0 aliphatic heterocycles. The number of hydrogen-bond acceptors (Lipinski definition) is 4. The van der Waals surface area contributed by atoms with Gasteiger partial charge in [0, 0.05) is 19.7 Å². The maximum atomic E-state index is 13.4. The van der Waals surface area contributed by atoms with E-state index in [1.54, 1.807) is 6.92 Å². The largest absolute Gasteiger partial charge is 0.470 e. The van der Waals surface area contributed by atoms with Crippen molar-refractivity contribution in [2.24, 2.45) is 0 Å². The first-order chi connectivity index (χ1) is 8.08. The number of rotatable bonds is 6. The van der Waals surface area contributed by atoms with E-state index in [2.05, 4.69) is 10.3 Å². The van der Waals surface area contributed by atoms with Crippen LogP contribution < -0.4 is 10.1 Å². The number of halogens is 2. The monoisotopic (exact) mass is 246 g/mol. The molecule has 0 aliphatic carbocycles. The van der Waals surface area contributed by atoms with E-state index in [9.17, 15) is 8.78 Å². The van der Waals surface area contributed by atoms with Gasteiger partial charge in [-0.15, -0.1) is 0 Å². The van der Waals surface area contributed by atoms with Crippen LogP contribution in [0.5, 0.6) is 5.88 Å². The molecular formula is C11H16F2N2O2. The van der Waals surface area contributed by atoms with Crippen molar-refractivity contribution in [1.29, 1.82) is 0 Å². The van der Waals surface area contributed by atoms with Gasteiger partial charge in [0.15, 0.2) is 17.5 Å². The fourth-order valence-electron chi connectivity index (χ4n) is 1.22. The molecule has 1 unspecified atom stereocenters. The van der Waals surface area contributed by atoms with Crippen molar-refractivity contribution >= 4 is 5.82 Å². The normalized spacial score (nSPS) is 12.3. The Bertz CT molecular complexity index is 375. The molecule has 6 heteroatoms. The topological polar surface area (TPSA) is 43.4 Å². The smallest absolute Gasteiger partial charge is 0.252 e. The standard InChI is InChI=1S/C11H16F2N2O2/c1-4-16-6-7(2)17-11-9(13)5-8(12)10(14-3)15-11/h5,7H,4,6H2,1-3H3,(H,14,15). The van der Waals surface area contributed by atoms with Crippen LogP contribution in [0.15, 0.2) is 6.07 Å². The predicted molar refractivity (Wildman–Crippen MR) is 60.3 cm³/mol. The first-order valence-electron chi connectivity index (χ1n) is 5.36. The lowest BCUT2D eigenvalue weighted by molar-refractivity contribution is 0.0610. The minimum absolute atomic E-state index is 0.0509. The minimum atomic E-state index is -0.829. The molecule has 0 amide bonds. The average Bonchev–Trinajstić information content (AvgIpc) is 2.30. The van der Waals surface area contributed by atoms with Crippen molar-refractivity contribution < 1.29 is 18.3 Å². The Morgan fingerprint density at radius 1 is 1.41 bits per heavy atom. The fourth-order valence-corrected chi connectivity index (χ4v) is 1.22. The Kier molecular flexibility index (Phi) is 5.09. The maximum absolute atomic E-state index is 13.4. The van der Waals surface area contributed by atoms with Gasteiger partial charge < -0.3 is 14.8 Å². The molecule has 17 heavy (non-hydrogen) atoms. The molecule has 0 radical (unpaired) electrons. The molecule has 0 aromatic carbocycles. The van der Waals surface area contributed by atoms with Crippen LogP contribution in [-0.4, -0.2) is 31.3 Å². The van der Waals surface area contributed by atoms with Crippen molar-refractivity contribution in [2.45, 2.75) is 20.0 Å². The molecule has 96 valence electrons. The van der Waals surface area contributed by atoms with Crippen molar-refractivity contribution in [3.8, 4) is 5.88 Å². The molecule has 1 atom stereocenters. The summed E-state index contributed by atoms with van der Waals surface area (Å²) in [6.07, 6.45) is -0.355. The van der Waals surface area contributed by atoms with Crippen LogP contribution in [-0.2, 0) is 4.74 Å². The quantitative estimate of drug-likeness (QED) is 0.835. The zero-order chi connectivity index (χ0) is 12.8. The van der Waals surface area contributed by atoms with Crippen molar-refractivity contribution in [3.05, 3.63) is 17.7 Å². The van der Waals surface area contributed by atoms with Gasteiger partial charge in [-0.2, -0.15) is 4.98 Å². The van der Waals surface area contributed by atoms with E-state index in [0.717, 1.165) is 6.07 Å². The summed E-state index contributed by atoms with van der Waals surface area (Å²) in [5.74, 6) is -1.87. The van der Waals surface area contributed by atoms with Gasteiger partial charge in [0.2, 0.25) is 0 Å². The molecular weight excluding hydrogens is 230 g/mol. The highest BCUT2D eigenvalue weighted by Gasteiger charge is 2.14. The highest BCUT2D eigenvalue weighted by atomic mass is 19.1. The molecule has 0 spiro atoms. The van der Waals surface area contributed by atoms with Crippen molar-refractivity contribution in [3.63, 3.8) is 0 Å². The molecule has 0 saturated carbocycles. The van der Waals surface area contributed by atoms with Crippen LogP contribution in [0.25, 0.3) is 0 Å². The molecule has 1 heterocycles. The number of ether oxygens (including phenoxy) is 2. The van der Waals surface area contributed by atoms with Gasteiger partial charge in [-0.25, -0.2) is 8.78 Å². The highest BCUT2D eigenvalue weighted by molar-refractivity contribution is 5.38. The zero-order valence-electron chi connectivity index (χ0n) is 10.1. The van der Waals surface area contributed by atoms with Crippen LogP contribution in [0.2, 0.25) is 0 Å². The van der Waals surface area contributed by atoms with E-state index >= 15 is 0 Å². The molecule has 0 aliphatic rings. The summed E-state index contributed by atoms with van der Waals surface area (Å²) in [5, 5.41) is 2.52. The summed E-state index contributed by atoms with van der Waals surface area (Å²) in [6.45, 7) is 4.44. The minimum Gasteiger partial charge on any atom is -0.470 e. The Morgan fingerprint density at radius 2 is 2.12 bits per heavy atom. The average molecular weight is 246 g/mol. The van der Waals surface area contributed by atoms with E-state index in [-0.39, 0.29) is 17.8 Å². The van der Waals surface area contributed by atoms with Crippen LogP contribution in [0.1, 0.15) is 13.8 Å². The second-order valence-corrected chi connectivity index (χ2v) is 3.44. The third kappa shape index (κ3) is 3.81. The lowest BCUT2D eigenvalue weighted by Gasteiger charge is -2.15. The number of hydrogen-bond donors (Lipinski definition) is 1. The van der Waals surface area contributed by atoms with Crippen LogP contribution in [0, 0.1) is 11.6 Å². The van der Waals surface area contributed by atoms with E-state index in [1.165, 1.54) is 7.05 Å². The third-order valence-corrected chi connectivity index (χ3v) is 2.00. The summed E-state index contributed by atoms with van der Waals surface area (Å²) < 4.78 is 36.8. The summed E-state index contributed by atoms with van der Waals surface area (Å²) >= 11 is 0. The Morgan fingerprint density at radius 3 is 2.71 bits per heavy atom. The molecule has 0 saturated heterocycles. The molecule has 1 aromatic rings. The summed E-state index contributed by atoms with van der Waals surface area (Å²) in [4.78, 5) is 3.70. The van der Waals surface area contributed by atoms with Crippen LogP contribution in [0.3, 0.4) is 0 Å². The van der Waals surface area contributed by atoms with Crippen LogP contribution >= 0.6 is 0 Å². The van der Waals surface area contributed by atoms with E-state index < -0.39 is 11.6 Å². The van der Waals surface area contributed by atoms with Crippen LogP contribution in [0.4, 0.5) is 14.6 Å². The van der Waals surface area contributed by atoms with Gasteiger partial charge in [0.1, 0.15) is 6.10 Å². The molecule has 1 rings (SSSR count). The second-order valence-electron chi connectivity index (χ2n) is 3.44. The Hall–Kier alpha value is -1.43. The molecule has 0 fully saturated rings. The Balaban J connectivity index is 2.76. The van der Waals surface area contributed by atoms with Crippen molar-refractivity contribution in [2.75, 3.05) is 25.6 Å². The van der Waals surface area contributed by atoms with E-state index in [0.29, 0.717) is 13.2 Å². The van der Waals surface area contributed by atoms with Gasteiger partial charge in [-0.3, -0.25) is 0 Å². The zero-order valence-corrected chi connectivity index (χ0v) is 10.1. The summed E-state index contributed by atoms with van der Waals surface area (Å²) in [7, 11) is 1.50. The first-order valence-corrected chi connectivity index (χ1v) is 5.36. The lowest BCUT2D eigenvalue weighted by Crippen LogP contribution is -2.20. The molecule has 1 aromatic heterocycles. The predicted octanol–water partition coefficient (Wildman–Crippen LogP) is 2.21. The SMILES string of the molecule is CCOCC(C)Oc1nc(NC)c(F)cc1F. The number of nitrogens with one attached hydrogen (secondary N) is 1. The van der Waals surface area contributed by atoms with Gasteiger partial charge in [0.05, 0.1) is 6.61 Å². The molecule has 0 bridgehead atoms. The Labute approximate surface area is 98.9 Å². The molecule has 1 N–H and O–H groups in total.